The summed E-state index contributed by atoms with van der Waals surface area (Å²) in [6, 6.07) is 17.3. The second kappa shape index (κ2) is 15.7. The minimum atomic E-state index is -1.19. The maximum atomic E-state index is 14.4. The monoisotopic (exact) mass is 659 g/mol. The summed E-state index contributed by atoms with van der Waals surface area (Å²) < 4.78 is 13.7. The number of fused-ring (bicyclic) bond motifs is 1. The van der Waals surface area contributed by atoms with Gasteiger partial charge in [-0.05, 0) is 59.7 Å². The fourth-order valence-electron chi connectivity index (χ4n) is 6.59. The van der Waals surface area contributed by atoms with Crippen LogP contribution in [0, 0.1) is 11.7 Å². The van der Waals surface area contributed by atoms with Gasteiger partial charge in [0.15, 0.2) is 0 Å². The number of carbonyl (C=O) groups is 4. The molecule has 2 fully saturated rings. The van der Waals surface area contributed by atoms with Crippen LogP contribution >= 0.6 is 0 Å². The summed E-state index contributed by atoms with van der Waals surface area (Å²) in [7, 11) is 1.56. The lowest BCUT2D eigenvalue weighted by atomic mass is 9.94. The van der Waals surface area contributed by atoms with Crippen LogP contribution in [0.15, 0.2) is 66.7 Å². The highest BCUT2D eigenvalue weighted by Gasteiger charge is 2.45. The van der Waals surface area contributed by atoms with Gasteiger partial charge in [0.1, 0.15) is 23.9 Å². The number of amides is 4. The van der Waals surface area contributed by atoms with Crippen LogP contribution in [0.5, 0.6) is 0 Å². The van der Waals surface area contributed by atoms with Gasteiger partial charge in [0.25, 0.3) is 0 Å². The first-order chi connectivity index (χ1) is 22.5. The number of nitrogens with one attached hydrogen (secondary N) is 2. The maximum Gasteiger partial charge on any atom is 0.246 e. The Hall–Kier alpha value is -4.31. The number of halogens is 1. The first-order valence-corrected chi connectivity index (χ1v) is 16.6. The molecule has 4 amide bonds. The lowest BCUT2D eigenvalue weighted by molar-refractivity contribution is -0.157. The first-order valence-electron chi connectivity index (χ1n) is 16.6. The first kappa shape index (κ1) is 36.5. The predicted molar refractivity (Wildman–Crippen MR) is 186 cm³/mol. The quantitative estimate of drug-likeness (QED) is 0.252. The Balaban J connectivity index is 0.00000520. The van der Waals surface area contributed by atoms with Crippen molar-refractivity contribution in [1.82, 2.24) is 20.4 Å². The molecule has 0 aromatic heterocycles. The highest BCUT2D eigenvalue weighted by Crippen LogP contribution is 2.36. The Morgan fingerprint density at radius 3 is 2.29 bits per heavy atom. The van der Waals surface area contributed by atoms with Crippen molar-refractivity contribution in [1.29, 1.82) is 0 Å². The third kappa shape index (κ3) is 8.58. The molecule has 4 atom stereocenters. The molecular formula is C38H50FN5O4. The number of piperazine rings is 1. The Bertz CT molecular complexity index is 1610. The van der Waals surface area contributed by atoms with Crippen LogP contribution < -0.4 is 16.4 Å². The van der Waals surface area contributed by atoms with E-state index in [1.807, 2.05) is 49.4 Å². The number of benzene rings is 3. The van der Waals surface area contributed by atoms with Crippen molar-refractivity contribution in [3.8, 4) is 0 Å². The Morgan fingerprint density at radius 1 is 0.979 bits per heavy atom. The van der Waals surface area contributed by atoms with Gasteiger partial charge in [0.05, 0.1) is 5.54 Å². The lowest BCUT2D eigenvalue weighted by Crippen LogP contribution is -2.66. The molecule has 1 saturated carbocycles. The molecule has 3 aromatic carbocycles. The van der Waals surface area contributed by atoms with E-state index < -0.39 is 35.4 Å². The molecule has 3 aromatic rings. The molecule has 1 aliphatic carbocycles. The van der Waals surface area contributed by atoms with E-state index in [0.29, 0.717) is 37.2 Å². The molecule has 5 rings (SSSR count). The molecule has 9 nitrogen and oxygen atoms in total. The van der Waals surface area contributed by atoms with Gasteiger partial charge >= 0.3 is 0 Å². The third-order valence-corrected chi connectivity index (χ3v) is 9.48. The van der Waals surface area contributed by atoms with Crippen molar-refractivity contribution in [2.75, 3.05) is 20.1 Å². The molecule has 0 radical (unpaired) electrons. The second-order valence-corrected chi connectivity index (χ2v) is 13.3. The average molecular weight is 660 g/mol. The van der Waals surface area contributed by atoms with Gasteiger partial charge in [0.2, 0.25) is 23.6 Å². The fraction of sp³-hybridized carbons (Fsp3) is 0.474. The van der Waals surface area contributed by atoms with Gasteiger partial charge in [-0.25, -0.2) is 4.39 Å². The Morgan fingerprint density at radius 2 is 1.65 bits per heavy atom. The summed E-state index contributed by atoms with van der Waals surface area (Å²) in [5, 5.41) is 7.76. The fourth-order valence-corrected chi connectivity index (χ4v) is 6.59. The van der Waals surface area contributed by atoms with Crippen molar-refractivity contribution in [2.24, 2.45) is 11.7 Å². The summed E-state index contributed by atoms with van der Waals surface area (Å²) in [5.74, 6) is -1.49. The van der Waals surface area contributed by atoms with Gasteiger partial charge in [0, 0.05) is 33.0 Å². The van der Waals surface area contributed by atoms with Crippen LogP contribution in [0.4, 0.5) is 4.39 Å². The normalized spacial score (nSPS) is 18.8. The molecule has 10 heteroatoms. The zero-order chi connectivity index (χ0) is 33.7. The number of rotatable bonds is 13. The molecule has 4 unspecified atom stereocenters. The number of likely N-dealkylation sites (N-methyl/N-ethyl adjacent to an activating group) is 1. The highest BCUT2D eigenvalue weighted by atomic mass is 19.1. The SMILES string of the molecule is C.CCCC(C)(N)C(=O)NC(Cc1ccc(F)cc1)C(=O)N1CCN(C(Cc2ccc3ccccc3c2)C(=O)NC)C(=O)C1CC1CC1. The van der Waals surface area contributed by atoms with Crippen molar-refractivity contribution in [3.05, 3.63) is 83.7 Å². The molecule has 1 aliphatic heterocycles. The summed E-state index contributed by atoms with van der Waals surface area (Å²) in [4.78, 5) is 58.6. The smallest absolute Gasteiger partial charge is 0.246 e. The molecule has 2 aliphatic rings. The largest absolute Gasteiger partial charge is 0.357 e. The zero-order valence-electron chi connectivity index (χ0n) is 27.5. The number of hydrogen-bond donors (Lipinski definition) is 3. The number of nitrogens with two attached hydrogens (primary N) is 1. The summed E-state index contributed by atoms with van der Waals surface area (Å²) in [6.07, 6.45) is 3.98. The number of carbonyl (C=O) groups excluding carboxylic acids is 4. The van der Waals surface area contributed by atoms with E-state index in [1.165, 1.54) is 12.1 Å². The molecule has 1 heterocycles. The molecular weight excluding hydrogens is 609 g/mol. The van der Waals surface area contributed by atoms with Crippen LogP contribution in [0.3, 0.4) is 0 Å². The van der Waals surface area contributed by atoms with E-state index in [9.17, 15) is 23.6 Å². The molecule has 0 bridgehead atoms. The number of nitrogens with zero attached hydrogens (tertiary/aromatic N) is 2. The van der Waals surface area contributed by atoms with Crippen molar-refractivity contribution in [2.45, 2.75) is 89.9 Å². The van der Waals surface area contributed by atoms with Crippen molar-refractivity contribution >= 4 is 34.4 Å². The molecule has 258 valence electrons. The number of hydrogen-bond acceptors (Lipinski definition) is 5. The molecule has 0 spiro atoms. The van der Waals surface area contributed by atoms with E-state index >= 15 is 0 Å². The summed E-state index contributed by atoms with van der Waals surface area (Å²) >= 11 is 0. The highest BCUT2D eigenvalue weighted by molar-refractivity contribution is 5.96. The minimum absolute atomic E-state index is 0. The predicted octanol–water partition coefficient (Wildman–Crippen LogP) is 4.36. The molecule has 4 N–H and O–H groups in total. The maximum absolute atomic E-state index is 14.4. The Kier molecular flexibility index (Phi) is 12.0. The Labute approximate surface area is 283 Å². The van der Waals surface area contributed by atoms with E-state index in [-0.39, 0.29) is 44.7 Å². The lowest BCUT2D eigenvalue weighted by Gasteiger charge is -2.44. The third-order valence-electron chi connectivity index (χ3n) is 9.48. The zero-order valence-corrected chi connectivity index (χ0v) is 27.5. The van der Waals surface area contributed by atoms with Crippen LogP contribution in [0.1, 0.15) is 64.5 Å². The average Bonchev–Trinajstić information content (AvgIpc) is 3.89. The molecule has 48 heavy (non-hydrogen) atoms. The van der Waals surface area contributed by atoms with Crippen LogP contribution in [0.25, 0.3) is 10.8 Å². The van der Waals surface area contributed by atoms with Crippen molar-refractivity contribution in [3.63, 3.8) is 0 Å². The van der Waals surface area contributed by atoms with E-state index in [1.54, 1.807) is 35.9 Å². The minimum Gasteiger partial charge on any atom is -0.357 e. The standard InChI is InChI=1S/C37H46FN5O4.CH4/c1-4-17-37(2,39)36(47)41-30(21-24-12-15-29(38)16-13-24)34(45)43-19-18-42(35(46)32(43)22-25-9-10-25)31(33(44)40-3)23-26-11-14-27-7-5-6-8-28(27)20-26;/h5-8,11-16,20,25,30-32H,4,9-10,17-19,21-23,39H2,1-3H3,(H,40,44)(H,41,47);1H4. The van der Waals surface area contributed by atoms with Gasteiger partial charge in [-0.15, -0.1) is 0 Å². The topological polar surface area (TPSA) is 125 Å². The second-order valence-electron chi connectivity index (χ2n) is 13.3. The van der Waals surface area contributed by atoms with E-state index in [0.717, 1.165) is 29.2 Å². The van der Waals surface area contributed by atoms with E-state index in [4.69, 9.17) is 5.73 Å². The molecule has 1 saturated heterocycles. The summed E-state index contributed by atoms with van der Waals surface area (Å²) in [6.45, 7) is 3.94. The van der Waals surface area contributed by atoms with Crippen LogP contribution in [-0.2, 0) is 32.0 Å². The van der Waals surface area contributed by atoms with Crippen LogP contribution in [-0.4, -0.2) is 77.2 Å². The van der Waals surface area contributed by atoms with Gasteiger partial charge in [-0.2, -0.15) is 0 Å². The van der Waals surface area contributed by atoms with E-state index in [2.05, 4.69) is 10.6 Å². The van der Waals surface area contributed by atoms with Crippen LogP contribution in [0.2, 0.25) is 0 Å². The van der Waals surface area contributed by atoms with Gasteiger partial charge in [-0.1, -0.05) is 88.2 Å². The van der Waals surface area contributed by atoms with Gasteiger partial charge < -0.3 is 26.2 Å². The van der Waals surface area contributed by atoms with Gasteiger partial charge in [-0.3, -0.25) is 19.2 Å². The van der Waals surface area contributed by atoms with Crippen molar-refractivity contribution < 1.29 is 23.6 Å². The summed E-state index contributed by atoms with van der Waals surface area (Å²) in [5.41, 5.74) is 6.74.